The molecule has 1 saturated heterocycles. The summed E-state index contributed by atoms with van der Waals surface area (Å²) >= 11 is 12.5. The van der Waals surface area contributed by atoms with E-state index in [4.69, 9.17) is 37.4 Å². The van der Waals surface area contributed by atoms with Gasteiger partial charge in [-0.2, -0.15) is 13.2 Å². The Morgan fingerprint density at radius 2 is 1.69 bits per heavy atom. The van der Waals surface area contributed by atoms with Crippen LogP contribution in [-0.4, -0.2) is 77.1 Å². The van der Waals surface area contributed by atoms with Crippen LogP contribution in [0.2, 0.25) is 10.2 Å². The predicted octanol–water partition coefficient (Wildman–Crippen LogP) is 5.95. The molecule has 4 heterocycles. The highest BCUT2D eigenvalue weighted by Crippen LogP contribution is 2.41. The number of nitrogens with one attached hydrogen (secondary N) is 1. The Balaban J connectivity index is 1.20. The molecular formula is C33H30Cl2F4N4O6. The van der Waals surface area contributed by atoms with E-state index in [0.717, 1.165) is 0 Å². The molecule has 2 aromatic heterocycles. The summed E-state index contributed by atoms with van der Waals surface area (Å²) in [6.45, 7) is 0.642. The van der Waals surface area contributed by atoms with Gasteiger partial charge in [-0.15, -0.1) is 0 Å². The van der Waals surface area contributed by atoms with Crippen LogP contribution in [0.5, 0.6) is 11.5 Å². The predicted molar refractivity (Wildman–Crippen MR) is 171 cm³/mol. The normalized spacial score (nSPS) is 17.2. The number of hydrogen-bond donors (Lipinski definition) is 1. The molecule has 0 bridgehead atoms. The van der Waals surface area contributed by atoms with Crippen LogP contribution in [0, 0.1) is 5.82 Å². The minimum Gasteiger partial charge on any atom is -0.493 e. The highest BCUT2D eigenvalue weighted by molar-refractivity contribution is 6.42. The van der Waals surface area contributed by atoms with Gasteiger partial charge in [0.2, 0.25) is 0 Å². The molecule has 1 amide bonds. The Bertz CT molecular complexity index is 1990. The average molecular weight is 726 g/mol. The number of nitrogens with zero attached hydrogens (tertiary/aromatic N) is 3. The maximum absolute atomic E-state index is 15.1. The largest absolute Gasteiger partial charge is 0.493 e. The smallest absolute Gasteiger partial charge is 0.490 e. The van der Waals surface area contributed by atoms with Gasteiger partial charge in [0.15, 0.2) is 17.7 Å². The molecule has 2 aliphatic heterocycles. The first kappa shape index (κ1) is 34.6. The van der Waals surface area contributed by atoms with Gasteiger partial charge < -0.3 is 24.1 Å². The maximum Gasteiger partial charge on any atom is 0.490 e. The van der Waals surface area contributed by atoms with Gasteiger partial charge >= 0.3 is 12.1 Å². The Labute approximate surface area is 287 Å². The van der Waals surface area contributed by atoms with Crippen molar-refractivity contribution in [3.05, 3.63) is 96.9 Å². The molecule has 1 atom stereocenters. The highest BCUT2D eigenvalue weighted by atomic mass is 35.5. The number of aromatic amines is 1. The van der Waals surface area contributed by atoms with Crippen LogP contribution < -0.4 is 15.0 Å². The number of esters is 1. The molecule has 0 aliphatic carbocycles. The van der Waals surface area contributed by atoms with Crippen LogP contribution in [0.15, 0.2) is 47.4 Å². The van der Waals surface area contributed by atoms with E-state index in [0.29, 0.717) is 47.4 Å². The van der Waals surface area contributed by atoms with Crippen LogP contribution in [0.25, 0.3) is 5.52 Å². The molecule has 16 heteroatoms. The van der Waals surface area contributed by atoms with E-state index in [1.807, 2.05) is 0 Å². The highest BCUT2D eigenvalue weighted by Gasteiger charge is 2.46. The maximum atomic E-state index is 15.1. The number of benzene rings is 2. The lowest BCUT2D eigenvalue weighted by atomic mass is 9.93. The number of ether oxygens (including phenoxy) is 3. The standard InChI is InChI=1S/C33H30Cl2F4N4O6/c1-47-26-13-18-5-10-42(31(21(18)14-27(26)48-2)49-32(46)33(37,38)39)19-6-8-41(9-7-19)30(45)22-12-17(3-4-24(22)36)11-20-16-40-29(44)25-15-23(34)28(35)43(20)25/h3-4,12-16,19,31H,5-11H2,1-2H3,(H,40,44). The molecule has 1 N–H and O–H groups in total. The number of aromatic nitrogens is 2. The van der Waals surface area contributed by atoms with Crippen LogP contribution in [0.4, 0.5) is 17.6 Å². The van der Waals surface area contributed by atoms with E-state index in [2.05, 4.69) is 4.98 Å². The lowest BCUT2D eigenvalue weighted by Gasteiger charge is -2.44. The zero-order chi connectivity index (χ0) is 35.2. The fourth-order valence-electron chi connectivity index (χ4n) is 6.55. The first-order chi connectivity index (χ1) is 23.3. The van der Waals surface area contributed by atoms with Crippen molar-refractivity contribution in [3.63, 3.8) is 0 Å². The van der Waals surface area contributed by atoms with Gasteiger partial charge in [-0.05, 0) is 60.7 Å². The third kappa shape index (κ3) is 6.69. The molecule has 0 spiro atoms. The number of amides is 1. The Morgan fingerprint density at radius 1 is 1.00 bits per heavy atom. The second-order valence-corrected chi connectivity index (χ2v) is 12.5. The van der Waals surface area contributed by atoms with Gasteiger partial charge in [-0.3, -0.25) is 18.9 Å². The van der Waals surface area contributed by atoms with E-state index in [9.17, 15) is 27.6 Å². The fraction of sp³-hybridized carbons (Fsp3) is 0.364. The van der Waals surface area contributed by atoms with Gasteiger partial charge in [0.1, 0.15) is 16.5 Å². The summed E-state index contributed by atoms with van der Waals surface area (Å²) in [6.07, 6.45) is -3.81. The van der Waals surface area contributed by atoms with Crippen molar-refractivity contribution in [2.75, 3.05) is 33.9 Å². The second-order valence-electron chi connectivity index (χ2n) is 11.8. The molecule has 0 saturated carbocycles. The summed E-state index contributed by atoms with van der Waals surface area (Å²) < 4.78 is 72.4. The Hall–Kier alpha value is -4.27. The molecule has 49 heavy (non-hydrogen) atoms. The first-order valence-corrected chi connectivity index (χ1v) is 16.0. The van der Waals surface area contributed by atoms with Crippen LogP contribution in [0.3, 0.4) is 0 Å². The Kier molecular flexibility index (Phi) is 9.57. The molecule has 6 rings (SSSR count). The van der Waals surface area contributed by atoms with Crippen molar-refractivity contribution < 1.29 is 41.4 Å². The molecule has 4 aromatic rings. The molecule has 2 aromatic carbocycles. The zero-order valence-electron chi connectivity index (χ0n) is 26.2. The number of carbonyl (C=O) groups excluding carboxylic acids is 2. The number of alkyl halides is 3. The van der Waals surface area contributed by atoms with E-state index in [1.165, 1.54) is 60.0 Å². The average Bonchev–Trinajstić information content (AvgIpc) is 3.39. The van der Waals surface area contributed by atoms with Crippen LogP contribution in [0.1, 0.15) is 51.8 Å². The van der Waals surface area contributed by atoms with Gasteiger partial charge in [-0.25, -0.2) is 9.18 Å². The number of likely N-dealkylation sites (tertiary alicyclic amines) is 1. The third-order valence-corrected chi connectivity index (χ3v) is 9.71. The Morgan fingerprint density at radius 3 is 2.37 bits per heavy atom. The summed E-state index contributed by atoms with van der Waals surface area (Å²) in [4.78, 5) is 43.8. The number of carbonyl (C=O) groups is 2. The van der Waals surface area contributed by atoms with Crippen LogP contribution in [-0.2, 0) is 22.4 Å². The number of methoxy groups -OCH3 is 2. The topological polar surface area (TPSA) is 106 Å². The summed E-state index contributed by atoms with van der Waals surface area (Å²) in [6, 6.07) is 8.41. The molecule has 260 valence electrons. The van der Waals surface area contributed by atoms with E-state index in [-0.39, 0.29) is 59.1 Å². The number of piperidine rings is 1. The van der Waals surface area contributed by atoms with E-state index >= 15 is 4.39 Å². The minimum absolute atomic E-state index is 0.144. The first-order valence-electron chi connectivity index (χ1n) is 15.2. The van der Waals surface area contributed by atoms with Crippen molar-refractivity contribution in [2.24, 2.45) is 0 Å². The van der Waals surface area contributed by atoms with E-state index in [1.54, 1.807) is 11.0 Å². The van der Waals surface area contributed by atoms with Gasteiger partial charge in [0.05, 0.1) is 24.8 Å². The third-order valence-electron chi connectivity index (χ3n) is 8.96. The quantitative estimate of drug-likeness (QED) is 0.186. The molecule has 0 radical (unpaired) electrons. The van der Waals surface area contributed by atoms with Crippen molar-refractivity contribution in [1.29, 1.82) is 0 Å². The SMILES string of the molecule is COc1cc2c(cc1OC)C(OC(=O)C(F)(F)F)N(C1CCN(C(=O)c3cc(Cc4c[nH]c(=O)c5cc(Cl)c(Cl)n45)ccc3F)CC1)CC2. The summed E-state index contributed by atoms with van der Waals surface area (Å²) in [5, 5.41) is 0.335. The molecule has 10 nitrogen and oxygen atoms in total. The molecule has 1 fully saturated rings. The monoisotopic (exact) mass is 724 g/mol. The van der Waals surface area contributed by atoms with Crippen molar-refractivity contribution in [2.45, 2.75) is 44.1 Å². The van der Waals surface area contributed by atoms with E-state index < -0.39 is 35.7 Å². The minimum atomic E-state index is -5.21. The number of rotatable bonds is 7. The number of halogens is 6. The van der Waals surface area contributed by atoms with Crippen molar-refractivity contribution >= 4 is 40.6 Å². The van der Waals surface area contributed by atoms with Gasteiger partial charge in [0, 0.05) is 49.6 Å². The summed E-state index contributed by atoms with van der Waals surface area (Å²) in [5.41, 5.74) is 1.82. The fourth-order valence-corrected chi connectivity index (χ4v) is 6.99. The van der Waals surface area contributed by atoms with Gasteiger partial charge in [0.25, 0.3) is 11.5 Å². The molecular weight excluding hydrogens is 695 g/mol. The van der Waals surface area contributed by atoms with Gasteiger partial charge in [-0.1, -0.05) is 29.3 Å². The number of hydrogen-bond acceptors (Lipinski definition) is 7. The lowest BCUT2D eigenvalue weighted by Crippen LogP contribution is -2.51. The van der Waals surface area contributed by atoms with Crippen molar-refractivity contribution in [1.82, 2.24) is 19.2 Å². The molecule has 2 aliphatic rings. The zero-order valence-corrected chi connectivity index (χ0v) is 27.7. The number of H-pyrrole nitrogens is 1. The second kappa shape index (κ2) is 13.6. The number of fused-ring (bicyclic) bond motifs is 2. The summed E-state index contributed by atoms with van der Waals surface area (Å²) in [5.74, 6) is -2.93. The molecule has 1 unspecified atom stereocenters. The van der Waals surface area contributed by atoms with Crippen LogP contribution >= 0.6 is 23.2 Å². The lowest BCUT2D eigenvalue weighted by molar-refractivity contribution is -0.217. The summed E-state index contributed by atoms with van der Waals surface area (Å²) in [7, 11) is 2.83. The van der Waals surface area contributed by atoms with Crippen molar-refractivity contribution in [3.8, 4) is 11.5 Å².